The quantitative estimate of drug-likeness (QED) is 0.641. The number of hydrogen-bond donors (Lipinski definition) is 1. The summed E-state index contributed by atoms with van der Waals surface area (Å²) in [7, 11) is 0. The van der Waals surface area contributed by atoms with Crippen LogP contribution in [-0.2, 0) is 0 Å². The van der Waals surface area contributed by atoms with Crippen LogP contribution in [0.2, 0.25) is 0 Å². The van der Waals surface area contributed by atoms with E-state index in [0.29, 0.717) is 0 Å². The summed E-state index contributed by atoms with van der Waals surface area (Å²) in [6.07, 6.45) is 11.5. The molecule has 18 heavy (non-hydrogen) atoms. The molecule has 0 aromatic rings. The third kappa shape index (κ3) is 4.91. The molecular weight excluding hydrogens is 218 g/mol. The van der Waals surface area contributed by atoms with Gasteiger partial charge in [0.05, 0.1) is 0 Å². The monoisotopic (exact) mass is 253 g/mol. The van der Waals surface area contributed by atoms with Crippen molar-refractivity contribution in [2.24, 2.45) is 17.8 Å². The maximum atomic E-state index is 3.78. The maximum Gasteiger partial charge on any atom is 0.0121 e. The van der Waals surface area contributed by atoms with Gasteiger partial charge in [0.2, 0.25) is 0 Å². The van der Waals surface area contributed by atoms with Gasteiger partial charge in [0.15, 0.2) is 0 Å². The molecule has 0 bridgehead atoms. The molecule has 1 saturated carbocycles. The van der Waals surface area contributed by atoms with Gasteiger partial charge in [0.1, 0.15) is 0 Å². The molecule has 0 aromatic carbocycles. The zero-order valence-corrected chi connectivity index (χ0v) is 13.2. The molecule has 2 unspecified atom stereocenters. The van der Waals surface area contributed by atoms with Crippen LogP contribution in [0.1, 0.15) is 79.1 Å². The standard InChI is InChI=1S/C17H35N/c1-5-8-14(4)17(18-7-3)16-12-10-15(9-6-2)11-13-16/h14-18H,5-13H2,1-4H3. The third-order valence-electron chi connectivity index (χ3n) is 4.89. The van der Waals surface area contributed by atoms with Gasteiger partial charge in [-0.15, -0.1) is 0 Å². The van der Waals surface area contributed by atoms with Crippen LogP contribution in [0, 0.1) is 17.8 Å². The van der Waals surface area contributed by atoms with Crippen LogP contribution < -0.4 is 5.32 Å². The minimum absolute atomic E-state index is 0.775. The second-order valence-electron chi connectivity index (χ2n) is 6.42. The first-order valence-electron chi connectivity index (χ1n) is 8.46. The smallest absolute Gasteiger partial charge is 0.0121 e. The number of nitrogens with one attached hydrogen (secondary N) is 1. The Morgan fingerprint density at radius 1 is 1.00 bits per heavy atom. The number of rotatable bonds is 8. The molecule has 0 saturated heterocycles. The molecule has 0 radical (unpaired) electrons. The first kappa shape index (κ1) is 16.0. The fourth-order valence-corrected chi connectivity index (χ4v) is 3.95. The van der Waals surface area contributed by atoms with Crippen molar-refractivity contribution in [3.8, 4) is 0 Å². The van der Waals surface area contributed by atoms with E-state index in [1.165, 1.54) is 51.4 Å². The molecule has 1 nitrogen and oxygen atoms in total. The Morgan fingerprint density at radius 2 is 1.67 bits per heavy atom. The second kappa shape index (κ2) is 8.96. The van der Waals surface area contributed by atoms with Gasteiger partial charge < -0.3 is 5.32 Å². The van der Waals surface area contributed by atoms with E-state index in [9.17, 15) is 0 Å². The zero-order valence-electron chi connectivity index (χ0n) is 13.2. The van der Waals surface area contributed by atoms with E-state index in [4.69, 9.17) is 0 Å². The highest BCUT2D eigenvalue weighted by molar-refractivity contribution is 4.84. The fraction of sp³-hybridized carbons (Fsp3) is 1.00. The van der Waals surface area contributed by atoms with E-state index in [0.717, 1.165) is 30.3 Å². The van der Waals surface area contributed by atoms with Crippen LogP contribution >= 0.6 is 0 Å². The highest BCUT2D eigenvalue weighted by Gasteiger charge is 2.29. The van der Waals surface area contributed by atoms with Crippen LogP contribution in [0.3, 0.4) is 0 Å². The Hall–Kier alpha value is -0.0400. The molecule has 0 amide bonds. The predicted molar refractivity (Wildman–Crippen MR) is 81.9 cm³/mol. The molecule has 1 aliphatic rings. The van der Waals surface area contributed by atoms with Gasteiger partial charge in [0.25, 0.3) is 0 Å². The highest BCUT2D eigenvalue weighted by atomic mass is 14.9. The average Bonchev–Trinajstić information content (AvgIpc) is 2.38. The maximum absolute atomic E-state index is 3.78. The first-order valence-corrected chi connectivity index (χ1v) is 8.46. The van der Waals surface area contributed by atoms with Crippen molar-refractivity contribution in [2.75, 3.05) is 6.54 Å². The number of hydrogen-bond acceptors (Lipinski definition) is 1. The zero-order chi connectivity index (χ0) is 13.4. The van der Waals surface area contributed by atoms with Crippen LogP contribution in [0.5, 0.6) is 0 Å². The Balaban J connectivity index is 2.44. The average molecular weight is 253 g/mol. The Morgan fingerprint density at radius 3 is 2.17 bits per heavy atom. The molecule has 1 heteroatoms. The van der Waals surface area contributed by atoms with Crippen molar-refractivity contribution in [3.63, 3.8) is 0 Å². The van der Waals surface area contributed by atoms with Crippen molar-refractivity contribution < 1.29 is 0 Å². The summed E-state index contributed by atoms with van der Waals surface area (Å²) in [5.41, 5.74) is 0. The summed E-state index contributed by atoms with van der Waals surface area (Å²) in [6.45, 7) is 10.5. The Labute approximate surface area is 115 Å². The van der Waals surface area contributed by atoms with Crippen molar-refractivity contribution >= 4 is 0 Å². The van der Waals surface area contributed by atoms with E-state index < -0.39 is 0 Å². The second-order valence-corrected chi connectivity index (χ2v) is 6.42. The molecule has 0 aliphatic heterocycles. The lowest BCUT2D eigenvalue weighted by molar-refractivity contribution is 0.175. The Kier molecular flexibility index (Phi) is 7.97. The summed E-state index contributed by atoms with van der Waals surface area (Å²) in [5.74, 6) is 2.83. The van der Waals surface area contributed by atoms with Crippen LogP contribution in [0.25, 0.3) is 0 Å². The molecule has 1 fully saturated rings. The van der Waals surface area contributed by atoms with E-state index in [1.54, 1.807) is 0 Å². The van der Waals surface area contributed by atoms with Gasteiger partial charge in [-0.2, -0.15) is 0 Å². The van der Waals surface area contributed by atoms with Gasteiger partial charge >= 0.3 is 0 Å². The van der Waals surface area contributed by atoms with Crippen LogP contribution in [-0.4, -0.2) is 12.6 Å². The van der Waals surface area contributed by atoms with E-state index in [2.05, 4.69) is 33.0 Å². The topological polar surface area (TPSA) is 12.0 Å². The molecule has 108 valence electrons. The first-order chi connectivity index (χ1) is 8.72. The van der Waals surface area contributed by atoms with E-state index in [-0.39, 0.29) is 0 Å². The van der Waals surface area contributed by atoms with Crippen molar-refractivity contribution in [1.29, 1.82) is 0 Å². The molecule has 1 N–H and O–H groups in total. The summed E-state index contributed by atoms with van der Waals surface area (Å²) in [4.78, 5) is 0. The summed E-state index contributed by atoms with van der Waals surface area (Å²) in [5, 5.41) is 3.78. The van der Waals surface area contributed by atoms with Crippen LogP contribution in [0.15, 0.2) is 0 Å². The minimum Gasteiger partial charge on any atom is -0.314 e. The van der Waals surface area contributed by atoms with Crippen molar-refractivity contribution in [1.82, 2.24) is 5.32 Å². The van der Waals surface area contributed by atoms with Crippen LogP contribution in [0.4, 0.5) is 0 Å². The largest absolute Gasteiger partial charge is 0.314 e. The fourth-order valence-electron chi connectivity index (χ4n) is 3.95. The Bertz CT molecular complexity index is 194. The molecule has 1 aliphatic carbocycles. The molecule has 0 spiro atoms. The normalized spacial score (nSPS) is 28.0. The summed E-state index contributed by atoms with van der Waals surface area (Å²) < 4.78 is 0. The van der Waals surface area contributed by atoms with Gasteiger partial charge in [-0.3, -0.25) is 0 Å². The minimum atomic E-state index is 0.775. The third-order valence-corrected chi connectivity index (χ3v) is 4.89. The SMILES string of the molecule is CCCC1CCC(C(NCC)C(C)CCC)CC1. The van der Waals surface area contributed by atoms with Crippen molar-refractivity contribution in [3.05, 3.63) is 0 Å². The molecule has 1 rings (SSSR count). The predicted octanol–water partition coefficient (Wildman–Crippen LogP) is 5.01. The lowest BCUT2D eigenvalue weighted by atomic mass is 9.73. The summed E-state index contributed by atoms with van der Waals surface area (Å²) in [6, 6.07) is 0.775. The van der Waals surface area contributed by atoms with Gasteiger partial charge in [-0.1, -0.05) is 59.8 Å². The molecule has 2 atom stereocenters. The van der Waals surface area contributed by atoms with E-state index >= 15 is 0 Å². The highest BCUT2D eigenvalue weighted by Crippen LogP contribution is 2.35. The van der Waals surface area contributed by atoms with Crippen molar-refractivity contribution in [2.45, 2.75) is 85.1 Å². The van der Waals surface area contributed by atoms with Gasteiger partial charge in [0, 0.05) is 6.04 Å². The lowest BCUT2D eigenvalue weighted by Crippen LogP contribution is -2.42. The van der Waals surface area contributed by atoms with Gasteiger partial charge in [-0.25, -0.2) is 0 Å². The molecular formula is C17H35N. The molecule has 0 aromatic heterocycles. The lowest BCUT2D eigenvalue weighted by Gasteiger charge is -2.37. The molecule has 0 heterocycles. The summed E-state index contributed by atoms with van der Waals surface area (Å²) >= 11 is 0. The van der Waals surface area contributed by atoms with E-state index in [1.807, 2.05) is 0 Å². The van der Waals surface area contributed by atoms with Gasteiger partial charge in [-0.05, 0) is 43.6 Å².